The highest BCUT2D eigenvalue weighted by Crippen LogP contribution is 2.12. The van der Waals surface area contributed by atoms with Gasteiger partial charge in [0, 0.05) is 9.80 Å². The van der Waals surface area contributed by atoms with Gasteiger partial charge in [-0.05, 0) is 17.7 Å². The van der Waals surface area contributed by atoms with Gasteiger partial charge in [-0.1, -0.05) is 44.0 Å². The summed E-state index contributed by atoms with van der Waals surface area (Å²) in [5.74, 6) is 0. The van der Waals surface area contributed by atoms with Crippen molar-refractivity contribution in [3.05, 3.63) is 47.0 Å². The molecular weight excluding hydrogens is 336 g/mol. The van der Waals surface area contributed by atoms with Crippen LogP contribution in [0.3, 0.4) is 0 Å². The summed E-state index contributed by atoms with van der Waals surface area (Å²) in [5, 5.41) is 12.5. The molecule has 0 atom stereocenters. The molecule has 0 fully saturated rings. The third kappa shape index (κ3) is 2.76. The second-order valence-corrected chi connectivity index (χ2v) is 4.51. The Morgan fingerprint density at radius 2 is 1.81 bits per heavy atom. The molecule has 0 aliphatic carbocycles. The lowest BCUT2D eigenvalue weighted by Gasteiger charge is -2.03. The van der Waals surface area contributed by atoms with Crippen molar-refractivity contribution in [2.24, 2.45) is 5.10 Å². The van der Waals surface area contributed by atoms with Crippen molar-refractivity contribution < 1.29 is 0 Å². The molecule has 0 aliphatic rings. The zero-order chi connectivity index (χ0) is 11.4. The van der Waals surface area contributed by atoms with Gasteiger partial charge in [0.05, 0.1) is 5.71 Å². The van der Waals surface area contributed by atoms with E-state index in [9.17, 15) is 0 Å². The van der Waals surface area contributed by atoms with Gasteiger partial charge in [-0.2, -0.15) is 5.10 Å². The van der Waals surface area contributed by atoms with Crippen LogP contribution in [0, 0.1) is 0 Å². The predicted octanol–water partition coefficient (Wildman–Crippen LogP) is 2.69. The third-order valence-corrected chi connectivity index (χ3v) is 3.01. The highest BCUT2D eigenvalue weighted by atomic mass is 79.9. The summed E-state index contributed by atoms with van der Waals surface area (Å²) < 4.78 is 2.63. The van der Waals surface area contributed by atoms with E-state index in [0.717, 1.165) is 15.7 Å². The smallest absolute Gasteiger partial charge is 0.141 e. The molecule has 0 amide bonds. The molecular formula is C10H8Br2N4. The van der Waals surface area contributed by atoms with Crippen LogP contribution in [0.2, 0.25) is 0 Å². The summed E-state index contributed by atoms with van der Waals surface area (Å²) in [5.41, 5.74) is 1.99. The zero-order valence-electron chi connectivity index (χ0n) is 8.22. The van der Waals surface area contributed by atoms with Crippen molar-refractivity contribution in [1.82, 2.24) is 14.9 Å². The van der Waals surface area contributed by atoms with Crippen LogP contribution < -0.4 is 0 Å². The van der Waals surface area contributed by atoms with E-state index in [-0.39, 0.29) is 0 Å². The summed E-state index contributed by atoms with van der Waals surface area (Å²) in [7, 11) is 0. The molecule has 0 aliphatic heterocycles. The molecule has 2 aromatic rings. The first kappa shape index (κ1) is 11.5. The number of alkyl halides is 1. The van der Waals surface area contributed by atoms with Crippen LogP contribution in [-0.4, -0.2) is 25.9 Å². The van der Waals surface area contributed by atoms with Crippen LogP contribution in [0.5, 0.6) is 0 Å². The van der Waals surface area contributed by atoms with Gasteiger partial charge in [-0.25, -0.2) is 4.68 Å². The molecule has 0 saturated heterocycles. The Kier molecular flexibility index (Phi) is 3.84. The molecule has 0 N–H and O–H groups in total. The normalized spacial score (nSPS) is 11.8. The highest BCUT2D eigenvalue weighted by molar-refractivity contribution is 9.10. The molecule has 0 unspecified atom stereocenters. The van der Waals surface area contributed by atoms with E-state index in [4.69, 9.17) is 0 Å². The van der Waals surface area contributed by atoms with Crippen molar-refractivity contribution in [1.29, 1.82) is 0 Å². The molecule has 1 aromatic heterocycles. The number of nitrogens with zero attached hydrogens (tertiary/aromatic N) is 4. The van der Waals surface area contributed by atoms with Gasteiger partial charge in [0.25, 0.3) is 0 Å². The Bertz CT molecular complexity index is 476. The van der Waals surface area contributed by atoms with Crippen molar-refractivity contribution >= 4 is 37.6 Å². The van der Waals surface area contributed by atoms with Crippen molar-refractivity contribution in [3.8, 4) is 0 Å². The molecule has 0 spiro atoms. The van der Waals surface area contributed by atoms with E-state index in [1.165, 1.54) is 0 Å². The maximum absolute atomic E-state index is 4.38. The van der Waals surface area contributed by atoms with Crippen molar-refractivity contribution in [3.63, 3.8) is 0 Å². The number of rotatable bonds is 3. The Balaban J connectivity index is 2.32. The lowest BCUT2D eigenvalue weighted by Crippen LogP contribution is -2.04. The lowest BCUT2D eigenvalue weighted by atomic mass is 10.1. The minimum atomic E-state index is 0.673. The number of benzene rings is 1. The molecule has 82 valence electrons. The summed E-state index contributed by atoms with van der Waals surface area (Å²) in [6.45, 7) is 0. The fourth-order valence-electron chi connectivity index (χ4n) is 1.19. The van der Waals surface area contributed by atoms with Crippen LogP contribution in [0.15, 0.2) is 46.5 Å². The molecule has 0 saturated carbocycles. The largest absolute Gasteiger partial charge is 0.207 e. The van der Waals surface area contributed by atoms with Gasteiger partial charge < -0.3 is 0 Å². The average molecular weight is 344 g/mol. The molecule has 6 heteroatoms. The maximum atomic E-state index is 4.38. The number of hydrogen-bond donors (Lipinski definition) is 0. The zero-order valence-corrected chi connectivity index (χ0v) is 11.4. The molecule has 1 aromatic carbocycles. The maximum Gasteiger partial charge on any atom is 0.141 e. The quantitative estimate of drug-likeness (QED) is 0.635. The van der Waals surface area contributed by atoms with Crippen molar-refractivity contribution in [2.75, 3.05) is 5.33 Å². The Hall–Kier alpha value is -1.01. The fourth-order valence-corrected chi connectivity index (χ4v) is 1.89. The SMILES string of the molecule is BrC/C(=N\n1cnnc1)c1ccc(Br)cc1. The Morgan fingerprint density at radius 1 is 1.19 bits per heavy atom. The Morgan fingerprint density at radius 3 is 2.38 bits per heavy atom. The van der Waals surface area contributed by atoms with Crippen molar-refractivity contribution in [2.45, 2.75) is 0 Å². The minimum absolute atomic E-state index is 0.673. The summed E-state index contributed by atoms with van der Waals surface area (Å²) in [6.07, 6.45) is 3.11. The summed E-state index contributed by atoms with van der Waals surface area (Å²) >= 11 is 6.82. The van der Waals surface area contributed by atoms with Crippen LogP contribution in [0.1, 0.15) is 5.56 Å². The van der Waals surface area contributed by atoms with Gasteiger partial charge in [-0.15, -0.1) is 10.2 Å². The van der Waals surface area contributed by atoms with E-state index in [1.54, 1.807) is 17.3 Å². The van der Waals surface area contributed by atoms with E-state index in [2.05, 4.69) is 47.2 Å². The monoisotopic (exact) mass is 342 g/mol. The highest BCUT2D eigenvalue weighted by Gasteiger charge is 2.02. The van der Waals surface area contributed by atoms with Crippen LogP contribution in [0.25, 0.3) is 0 Å². The second kappa shape index (κ2) is 5.36. The van der Waals surface area contributed by atoms with Crippen LogP contribution in [-0.2, 0) is 0 Å². The fraction of sp³-hybridized carbons (Fsp3) is 0.100. The third-order valence-electron chi connectivity index (χ3n) is 1.95. The van der Waals surface area contributed by atoms with E-state index in [1.807, 2.05) is 24.3 Å². The minimum Gasteiger partial charge on any atom is -0.207 e. The first-order chi connectivity index (χ1) is 7.79. The molecule has 0 bridgehead atoms. The molecule has 4 nitrogen and oxygen atoms in total. The predicted molar refractivity (Wildman–Crippen MR) is 69.9 cm³/mol. The Labute approximate surface area is 110 Å². The molecule has 16 heavy (non-hydrogen) atoms. The van der Waals surface area contributed by atoms with E-state index in [0.29, 0.717) is 5.33 Å². The molecule has 2 rings (SSSR count). The summed E-state index contributed by atoms with van der Waals surface area (Å²) in [4.78, 5) is 0. The van der Waals surface area contributed by atoms with Gasteiger partial charge in [-0.3, -0.25) is 0 Å². The number of hydrogen-bond acceptors (Lipinski definition) is 3. The topological polar surface area (TPSA) is 43.1 Å². The number of halogens is 2. The first-order valence-corrected chi connectivity index (χ1v) is 6.45. The number of aromatic nitrogens is 3. The van der Waals surface area contributed by atoms with Gasteiger partial charge >= 0.3 is 0 Å². The van der Waals surface area contributed by atoms with Gasteiger partial charge in [0.15, 0.2) is 0 Å². The average Bonchev–Trinajstić information content (AvgIpc) is 2.80. The van der Waals surface area contributed by atoms with Crippen LogP contribution >= 0.6 is 31.9 Å². The van der Waals surface area contributed by atoms with Gasteiger partial charge in [0.2, 0.25) is 0 Å². The molecule has 0 radical (unpaired) electrons. The first-order valence-electron chi connectivity index (χ1n) is 4.54. The van der Waals surface area contributed by atoms with Crippen LogP contribution in [0.4, 0.5) is 0 Å². The lowest BCUT2D eigenvalue weighted by molar-refractivity contribution is 0.871. The standard InChI is InChI=1S/C10H8Br2N4/c11-5-10(15-16-6-13-14-7-16)8-1-3-9(12)4-2-8/h1-4,6-7H,5H2/b15-10+. The molecule has 1 heterocycles. The summed E-state index contributed by atoms with van der Waals surface area (Å²) in [6, 6.07) is 7.99. The van der Waals surface area contributed by atoms with Gasteiger partial charge in [0.1, 0.15) is 12.7 Å². The van der Waals surface area contributed by atoms with E-state index >= 15 is 0 Å². The van der Waals surface area contributed by atoms with E-state index < -0.39 is 0 Å². The second-order valence-electron chi connectivity index (χ2n) is 3.03.